The lowest BCUT2D eigenvalue weighted by atomic mass is 9.74. The van der Waals surface area contributed by atoms with Crippen LogP contribution in [0.15, 0.2) is 103 Å². The van der Waals surface area contributed by atoms with Crippen molar-refractivity contribution in [1.29, 1.82) is 0 Å². The van der Waals surface area contributed by atoms with E-state index in [0.29, 0.717) is 17.7 Å². The first kappa shape index (κ1) is 37.2. The fourth-order valence-corrected chi connectivity index (χ4v) is 8.56. The van der Waals surface area contributed by atoms with Crippen molar-refractivity contribution < 1.29 is 38.5 Å². The Bertz CT molecular complexity index is 1930. The molecule has 11 heteroatoms. The smallest absolute Gasteiger partial charge is 0.313 e. The molecule has 0 aliphatic carbocycles. The van der Waals surface area contributed by atoms with E-state index in [-0.39, 0.29) is 31.9 Å². The zero-order valence-corrected chi connectivity index (χ0v) is 30.8. The molecule has 0 radical (unpaired) electrons. The number of carbonyl (C=O) groups excluding carboxylic acids is 4. The molecular weight excluding hydrogens is 686 g/mol. The van der Waals surface area contributed by atoms with Gasteiger partial charge in [0.05, 0.1) is 37.3 Å². The largest absolute Gasteiger partial charge is 0.455 e. The monoisotopic (exact) mass is 733 g/mol. The summed E-state index contributed by atoms with van der Waals surface area (Å²) < 4.78 is 18.6. The van der Waals surface area contributed by atoms with Gasteiger partial charge in [0, 0.05) is 25.8 Å². The molecule has 2 N–H and O–H groups in total. The Hall–Kier alpha value is -5.10. The third kappa shape index (κ3) is 6.87. The zero-order chi connectivity index (χ0) is 38.0. The number of cyclic esters (lactones) is 1. The summed E-state index contributed by atoms with van der Waals surface area (Å²) in [4.78, 5) is 61.5. The number of fused-ring (bicyclic) bond motifs is 2. The molecule has 7 rings (SSSR count). The van der Waals surface area contributed by atoms with Crippen molar-refractivity contribution in [3.8, 4) is 0 Å². The number of likely N-dealkylation sites (tertiary alicyclic amines) is 1. The van der Waals surface area contributed by atoms with Crippen molar-refractivity contribution in [1.82, 2.24) is 10.2 Å². The number of rotatable bonds is 8. The molecule has 4 aliphatic rings. The average Bonchev–Trinajstić information content (AvgIpc) is 3.83. The number of hydrogen-bond acceptors (Lipinski definition) is 8. The van der Waals surface area contributed by atoms with Crippen LogP contribution in [0.3, 0.4) is 0 Å². The number of ether oxygens (including phenoxy) is 3. The molecule has 282 valence electrons. The molecule has 3 aromatic rings. The molecule has 0 saturated carbocycles. The van der Waals surface area contributed by atoms with E-state index in [2.05, 4.69) is 5.32 Å². The molecule has 3 amide bonds. The van der Waals surface area contributed by atoms with E-state index in [1.165, 1.54) is 12.0 Å². The predicted molar refractivity (Wildman–Crippen MR) is 201 cm³/mol. The minimum absolute atomic E-state index is 0.0536. The first-order valence-corrected chi connectivity index (χ1v) is 18.6. The molecule has 4 aliphatic heterocycles. The van der Waals surface area contributed by atoms with E-state index in [1.54, 1.807) is 17.1 Å². The molecule has 11 nitrogen and oxygen atoms in total. The van der Waals surface area contributed by atoms with E-state index in [9.17, 15) is 14.7 Å². The number of aryl methyl sites for hydroxylation is 2. The summed E-state index contributed by atoms with van der Waals surface area (Å²) in [5.41, 5.74) is 2.46. The van der Waals surface area contributed by atoms with Crippen molar-refractivity contribution in [3.63, 3.8) is 0 Å². The molecule has 0 unspecified atom stereocenters. The Morgan fingerprint density at radius 2 is 1.70 bits per heavy atom. The number of carbonyl (C=O) groups is 4. The molecule has 2 saturated heterocycles. The molecular formula is C43H47N3O8. The van der Waals surface area contributed by atoms with Crippen LogP contribution in [0.5, 0.6) is 0 Å². The van der Waals surface area contributed by atoms with E-state index >= 15 is 9.59 Å². The molecule has 8 atom stereocenters. The van der Waals surface area contributed by atoms with Gasteiger partial charge in [0.1, 0.15) is 23.7 Å². The Labute approximate surface area is 315 Å². The second kappa shape index (κ2) is 15.7. The first-order chi connectivity index (χ1) is 26.2. The highest BCUT2D eigenvalue weighted by Gasteiger charge is 2.74. The lowest BCUT2D eigenvalue weighted by Gasteiger charge is -2.39. The van der Waals surface area contributed by atoms with Crippen LogP contribution in [0.1, 0.15) is 41.2 Å². The molecule has 2 fully saturated rings. The van der Waals surface area contributed by atoms with Gasteiger partial charge in [0.2, 0.25) is 11.8 Å². The van der Waals surface area contributed by atoms with Gasteiger partial charge in [0.25, 0.3) is 5.91 Å². The van der Waals surface area contributed by atoms with Gasteiger partial charge in [-0.2, -0.15) is 0 Å². The number of esters is 1. The summed E-state index contributed by atoms with van der Waals surface area (Å²) in [5.74, 6) is -4.03. The third-order valence-corrected chi connectivity index (χ3v) is 11.1. The maximum absolute atomic E-state index is 15.4. The minimum atomic E-state index is -1.51. The first-order valence-electron chi connectivity index (χ1n) is 18.6. The maximum atomic E-state index is 15.4. The molecule has 54 heavy (non-hydrogen) atoms. The van der Waals surface area contributed by atoms with Crippen LogP contribution in [0, 0.1) is 25.7 Å². The molecule has 3 aromatic carbocycles. The highest BCUT2D eigenvalue weighted by molar-refractivity contribution is 6.06. The number of aliphatic hydroxyl groups excluding tert-OH is 1. The Morgan fingerprint density at radius 3 is 2.43 bits per heavy atom. The van der Waals surface area contributed by atoms with Crippen LogP contribution in [0.2, 0.25) is 0 Å². The van der Waals surface area contributed by atoms with Crippen LogP contribution >= 0.6 is 0 Å². The Morgan fingerprint density at radius 1 is 0.963 bits per heavy atom. The SMILES string of the molecule is COC[C@H]1NC(=O)CC/C=C\CN(c2cc(C)ccc2C)C(=O)[C@@H]2N([C@@H](CO)Cc3ccccc3)C(=O)[C@H]3[C@H](C(=O)O[C@@H]1c1ccccc1)[C@@H]1C=C[C@]23O1. The molecule has 5 bridgehead atoms. The summed E-state index contributed by atoms with van der Waals surface area (Å²) in [6.07, 6.45) is 6.23. The lowest BCUT2D eigenvalue weighted by molar-refractivity contribution is -0.162. The number of methoxy groups -OCH3 is 1. The van der Waals surface area contributed by atoms with E-state index in [0.717, 1.165) is 16.7 Å². The van der Waals surface area contributed by atoms with E-state index < -0.39 is 72.2 Å². The number of benzene rings is 3. The normalized spacial score (nSPS) is 29.6. The number of anilines is 1. The summed E-state index contributed by atoms with van der Waals surface area (Å²) in [6, 6.07) is 21.7. The second-order valence-corrected chi connectivity index (χ2v) is 14.6. The summed E-state index contributed by atoms with van der Waals surface area (Å²) in [5, 5.41) is 14.0. The minimum Gasteiger partial charge on any atom is -0.455 e. The van der Waals surface area contributed by atoms with Crippen LogP contribution in [-0.2, 0) is 39.8 Å². The molecule has 1 spiro atoms. The molecule has 0 aromatic heterocycles. The summed E-state index contributed by atoms with van der Waals surface area (Å²) in [6.45, 7) is 3.65. The quantitative estimate of drug-likeness (QED) is 0.261. The Balaban J connectivity index is 1.37. The van der Waals surface area contributed by atoms with Crippen LogP contribution in [0.4, 0.5) is 5.69 Å². The summed E-state index contributed by atoms with van der Waals surface area (Å²) >= 11 is 0. The van der Waals surface area contributed by atoms with Crippen LogP contribution < -0.4 is 10.2 Å². The average molecular weight is 734 g/mol. The number of amides is 3. The second-order valence-electron chi connectivity index (χ2n) is 14.6. The van der Waals surface area contributed by atoms with Gasteiger partial charge < -0.3 is 34.4 Å². The van der Waals surface area contributed by atoms with Gasteiger partial charge in [-0.25, -0.2) is 0 Å². The fourth-order valence-electron chi connectivity index (χ4n) is 8.56. The highest BCUT2D eigenvalue weighted by Crippen LogP contribution is 2.56. The van der Waals surface area contributed by atoms with Gasteiger partial charge in [0.15, 0.2) is 0 Å². The predicted octanol–water partition coefficient (Wildman–Crippen LogP) is 4.16. The van der Waals surface area contributed by atoms with Crippen molar-refractivity contribution in [2.75, 3.05) is 31.8 Å². The molecule has 4 heterocycles. The fraction of sp³-hybridized carbons (Fsp3) is 0.395. The summed E-state index contributed by atoms with van der Waals surface area (Å²) in [7, 11) is 1.51. The number of allylic oxidation sites excluding steroid dienone is 1. The van der Waals surface area contributed by atoms with Gasteiger partial charge in [-0.15, -0.1) is 0 Å². The van der Waals surface area contributed by atoms with Gasteiger partial charge >= 0.3 is 5.97 Å². The van der Waals surface area contributed by atoms with E-state index in [1.807, 2.05) is 105 Å². The topological polar surface area (TPSA) is 135 Å². The zero-order valence-electron chi connectivity index (χ0n) is 30.8. The number of nitrogens with zero attached hydrogens (tertiary/aromatic N) is 2. The Kier molecular flexibility index (Phi) is 10.8. The van der Waals surface area contributed by atoms with Gasteiger partial charge in [-0.3, -0.25) is 19.2 Å². The van der Waals surface area contributed by atoms with Crippen molar-refractivity contribution >= 4 is 29.4 Å². The maximum Gasteiger partial charge on any atom is 0.313 e. The van der Waals surface area contributed by atoms with Gasteiger partial charge in [-0.1, -0.05) is 97.1 Å². The highest BCUT2D eigenvalue weighted by atomic mass is 16.6. The number of aliphatic hydroxyl groups is 1. The third-order valence-electron chi connectivity index (χ3n) is 11.1. The standard InChI is InChI=1S/C43H47N3O8/c1-27-18-19-28(2)33(23-27)45-22-12-6-11-17-35(48)44-32(26-52-3)38(30-15-9-5-10-16-30)53-42(51)36-34-20-21-43(54-34)37(36)40(49)46(39(43)41(45)50)31(25-47)24-29-13-7-4-8-14-29/h4-10,12-16,18-21,23,31-32,34,36-39,47H,11,17,22,24-26H2,1-3H3,(H,44,48)/b12-6-/t31-,32-,34+,36-,37-,38-,39+,43-/m1/s1. The number of hydrogen-bond donors (Lipinski definition) is 2. The number of nitrogens with one attached hydrogen (secondary N) is 1. The van der Waals surface area contributed by atoms with E-state index in [4.69, 9.17) is 14.2 Å². The van der Waals surface area contributed by atoms with Crippen molar-refractivity contribution in [2.24, 2.45) is 11.8 Å². The van der Waals surface area contributed by atoms with Crippen LogP contribution in [-0.4, -0.2) is 90.4 Å². The lowest BCUT2D eigenvalue weighted by Crippen LogP contribution is -2.59. The van der Waals surface area contributed by atoms with Crippen LogP contribution in [0.25, 0.3) is 0 Å². The van der Waals surface area contributed by atoms with Crippen molar-refractivity contribution in [3.05, 3.63) is 125 Å². The van der Waals surface area contributed by atoms with Crippen molar-refractivity contribution in [2.45, 2.75) is 69.0 Å². The van der Waals surface area contributed by atoms with Gasteiger partial charge in [-0.05, 0) is 55.0 Å².